The summed E-state index contributed by atoms with van der Waals surface area (Å²) in [4.78, 5) is 11.6. The Kier molecular flexibility index (Phi) is 21.2. The van der Waals surface area contributed by atoms with Gasteiger partial charge in [0.15, 0.2) is 12.1 Å². The molecule has 4 heteroatoms. The van der Waals surface area contributed by atoms with Crippen LogP contribution in [-0.4, -0.2) is 37.5 Å². The minimum atomic E-state index is -0.459. The van der Waals surface area contributed by atoms with Gasteiger partial charge in [0.05, 0.1) is 0 Å². The quantitative estimate of drug-likeness (QED) is 0.118. The fourth-order valence-corrected chi connectivity index (χ4v) is 5.07. The Bertz CT molecular complexity index is 443. The van der Waals surface area contributed by atoms with E-state index in [9.17, 15) is 4.79 Å². The van der Waals surface area contributed by atoms with E-state index in [1.54, 1.807) is 0 Å². The predicted molar refractivity (Wildman–Crippen MR) is 148 cm³/mol. The maximum atomic E-state index is 11.6. The van der Waals surface area contributed by atoms with Gasteiger partial charge in [0.25, 0.3) is 0 Å². The highest BCUT2D eigenvalue weighted by molar-refractivity contribution is 5.81. The van der Waals surface area contributed by atoms with E-state index in [0.29, 0.717) is 0 Å². The van der Waals surface area contributed by atoms with Crippen LogP contribution in [-0.2, 0) is 19.0 Å². The van der Waals surface area contributed by atoms with E-state index in [-0.39, 0.29) is 19.0 Å². The van der Waals surface area contributed by atoms with E-state index in [4.69, 9.17) is 14.2 Å². The lowest BCUT2D eigenvalue weighted by Gasteiger charge is -2.38. The van der Waals surface area contributed by atoms with E-state index in [0.717, 1.165) is 25.9 Å². The van der Waals surface area contributed by atoms with Crippen molar-refractivity contribution in [2.45, 2.75) is 174 Å². The van der Waals surface area contributed by atoms with Gasteiger partial charge in [0, 0.05) is 6.61 Å². The summed E-state index contributed by atoms with van der Waals surface area (Å²) < 4.78 is 17.9. The summed E-state index contributed by atoms with van der Waals surface area (Å²) in [6.45, 7) is 7.74. The molecule has 0 bridgehead atoms. The van der Waals surface area contributed by atoms with Crippen LogP contribution in [0.2, 0.25) is 0 Å². The number of hydrogen-bond acceptors (Lipinski definition) is 4. The van der Waals surface area contributed by atoms with Crippen LogP contribution >= 0.6 is 0 Å². The Morgan fingerprint density at radius 1 is 0.629 bits per heavy atom. The van der Waals surface area contributed by atoms with E-state index < -0.39 is 11.9 Å². The first-order valence-electron chi connectivity index (χ1n) is 15.5. The molecular weight excluding hydrogens is 436 g/mol. The van der Waals surface area contributed by atoms with E-state index in [2.05, 4.69) is 20.8 Å². The van der Waals surface area contributed by atoms with Gasteiger partial charge in [0.1, 0.15) is 18.8 Å². The van der Waals surface area contributed by atoms with Gasteiger partial charge < -0.3 is 14.2 Å². The molecule has 0 aromatic carbocycles. The van der Waals surface area contributed by atoms with Crippen molar-refractivity contribution in [3.05, 3.63) is 0 Å². The second-order valence-electron chi connectivity index (χ2n) is 11.1. The van der Waals surface area contributed by atoms with Crippen molar-refractivity contribution in [2.24, 2.45) is 0 Å². The van der Waals surface area contributed by atoms with E-state index >= 15 is 0 Å². The number of unbranched alkanes of at least 4 members (excludes halogenated alkanes) is 19. The molecule has 0 radical (unpaired) electrons. The molecule has 0 saturated carbocycles. The monoisotopic (exact) mass is 496 g/mol. The molecule has 0 aromatic heterocycles. The zero-order valence-corrected chi connectivity index (χ0v) is 23.9. The van der Waals surface area contributed by atoms with Crippen LogP contribution in [0.15, 0.2) is 0 Å². The van der Waals surface area contributed by atoms with Crippen molar-refractivity contribution in [1.82, 2.24) is 0 Å². The molecule has 0 N–H and O–H groups in total. The van der Waals surface area contributed by atoms with E-state index in [1.807, 2.05) is 0 Å². The molecule has 0 aromatic rings. The number of carbonyl (C=O) groups excluding carboxylic acids is 1. The second-order valence-corrected chi connectivity index (χ2v) is 11.1. The van der Waals surface area contributed by atoms with Crippen LogP contribution < -0.4 is 0 Å². The molecule has 1 saturated heterocycles. The van der Waals surface area contributed by atoms with Gasteiger partial charge in [-0.25, -0.2) is 0 Å². The standard InChI is InChI=1S/C31H60O4/c1-4-6-8-10-12-14-16-17-19-21-23-25-31(3,30-33-27-29(32)28-34-30)35-26-24-22-20-18-15-13-11-9-7-5-2/h30H,4-28H2,1-3H3. The molecule has 4 nitrogen and oxygen atoms in total. The SMILES string of the molecule is CCCCCCCCCCCCCC(C)(OCCCCCCCCCCCC)C1OCC(=O)CO1. The fraction of sp³-hybridized carbons (Fsp3) is 0.968. The van der Waals surface area contributed by atoms with Gasteiger partial charge in [-0.15, -0.1) is 0 Å². The molecule has 1 fully saturated rings. The Balaban J connectivity index is 2.18. The molecule has 0 aliphatic carbocycles. The topological polar surface area (TPSA) is 44.8 Å². The Morgan fingerprint density at radius 3 is 1.43 bits per heavy atom. The average molecular weight is 497 g/mol. The number of hydrogen-bond donors (Lipinski definition) is 0. The van der Waals surface area contributed by atoms with Crippen LogP contribution in [0.1, 0.15) is 162 Å². The van der Waals surface area contributed by atoms with Crippen molar-refractivity contribution in [3.63, 3.8) is 0 Å². The van der Waals surface area contributed by atoms with Gasteiger partial charge in [-0.05, 0) is 19.8 Å². The Morgan fingerprint density at radius 2 is 1.00 bits per heavy atom. The number of rotatable bonds is 25. The van der Waals surface area contributed by atoms with Crippen molar-refractivity contribution >= 4 is 5.78 Å². The lowest BCUT2D eigenvalue weighted by Crippen LogP contribution is -2.49. The normalized spacial score (nSPS) is 16.6. The largest absolute Gasteiger partial charge is 0.370 e. The molecule has 1 aliphatic rings. The van der Waals surface area contributed by atoms with Crippen LogP contribution in [0, 0.1) is 0 Å². The third-order valence-electron chi connectivity index (χ3n) is 7.50. The summed E-state index contributed by atoms with van der Waals surface area (Å²) in [6, 6.07) is 0. The molecule has 0 spiro atoms. The predicted octanol–water partition coefficient (Wildman–Crippen LogP) is 9.33. The lowest BCUT2D eigenvalue weighted by atomic mass is 9.95. The Hall–Kier alpha value is -0.450. The van der Waals surface area contributed by atoms with E-state index in [1.165, 1.54) is 122 Å². The molecular formula is C31H60O4. The lowest BCUT2D eigenvalue weighted by molar-refractivity contribution is -0.262. The van der Waals surface area contributed by atoms with Crippen LogP contribution in [0.4, 0.5) is 0 Å². The summed E-state index contributed by atoms with van der Waals surface area (Å²) in [5.41, 5.74) is -0.459. The highest BCUT2D eigenvalue weighted by atomic mass is 16.7. The molecule has 1 atom stereocenters. The highest BCUT2D eigenvalue weighted by Gasteiger charge is 2.39. The maximum absolute atomic E-state index is 11.6. The molecule has 1 heterocycles. The Labute approximate surface area is 218 Å². The first kappa shape index (κ1) is 32.6. The van der Waals surface area contributed by atoms with Crippen molar-refractivity contribution in [3.8, 4) is 0 Å². The zero-order chi connectivity index (χ0) is 25.5. The maximum Gasteiger partial charge on any atom is 0.187 e. The van der Waals surface area contributed by atoms with Gasteiger partial charge >= 0.3 is 0 Å². The average Bonchev–Trinajstić information content (AvgIpc) is 2.86. The number of carbonyl (C=O) groups is 1. The summed E-state index contributed by atoms with van der Waals surface area (Å²) in [7, 11) is 0. The van der Waals surface area contributed by atoms with Gasteiger partial charge in [-0.1, -0.05) is 142 Å². The third kappa shape index (κ3) is 17.6. The molecule has 1 unspecified atom stereocenters. The molecule has 35 heavy (non-hydrogen) atoms. The van der Waals surface area contributed by atoms with Gasteiger partial charge in [-0.2, -0.15) is 0 Å². The molecule has 208 valence electrons. The van der Waals surface area contributed by atoms with Crippen LogP contribution in [0.5, 0.6) is 0 Å². The van der Waals surface area contributed by atoms with Crippen LogP contribution in [0.25, 0.3) is 0 Å². The third-order valence-corrected chi connectivity index (χ3v) is 7.50. The second kappa shape index (κ2) is 22.7. The summed E-state index contributed by atoms with van der Waals surface area (Å²) >= 11 is 0. The zero-order valence-electron chi connectivity index (χ0n) is 23.9. The number of Topliss-reactive ketones (excluding diaryl/α,β-unsaturated/α-hetero) is 1. The molecule has 1 rings (SSSR count). The fourth-order valence-electron chi connectivity index (χ4n) is 5.07. The summed E-state index contributed by atoms with van der Waals surface area (Å²) in [5, 5.41) is 0. The van der Waals surface area contributed by atoms with Crippen molar-refractivity contribution < 1.29 is 19.0 Å². The van der Waals surface area contributed by atoms with Crippen LogP contribution in [0.3, 0.4) is 0 Å². The summed E-state index contributed by atoms with van der Waals surface area (Å²) in [5.74, 6) is 0.0213. The smallest absolute Gasteiger partial charge is 0.187 e. The highest BCUT2D eigenvalue weighted by Crippen LogP contribution is 2.29. The van der Waals surface area contributed by atoms with Gasteiger partial charge in [-0.3, -0.25) is 4.79 Å². The number of ether oxygens (including phenoxy) is 3. The minimum absolute atomic E-state index is 0.0213. The molecule has 0 amide bonds. The van der Waals surface area contributed by atoms with Crippen molar-refractivity contribution in [2.75, 3.05) is 19.8 Å². The first-order valence-corrected chi connectivity index (χ1v) is 15.5. The number of ketones is 1. The first-order chi connectivity index (χ1) is 17.1. The van der Waals surface area contributed by atoms with Gasteiger partial charge in [0.2, 0.25) is 0 Å². The summed E-state index contributed by atoms with van der Waals surface area (Å²) in [6.07, 6.45) is 28.5. The van der Waals surface area contributed by atoms with Crippen molar-refractivity contribution in [1.29, 1.82) is 0 Å². The molecule has 1 aliphatic heterocycles. The minimum Gasteiger partial charge on any atom is -0.370 e.